The van der Waals surface area contributed by atoms with Crippen molar-refractivity contribution in [3.05, 3.63) is 30.5 Å². The monoisotopic (exact) mass is 560 g/mol. The zero-order valence-electron chi connectivity index (χ0n) is 23.2. The second-order valence-corrected chi connectivity index (χ2v) is 17.3. The van der Waals surface area contributed by atoms with Gasteiger partial charge in [-0.3, -0.25) is 9.69 Å². The van der Waals surface area contributed by atoms with Gasteiger partial charge in [0.1, 0.15) is 6.10 Å². The van der Waals surface area contributed by atoms with Crippen molar-refractivity contribution in [2.24, 2.45) is 10.9 Å². The van der Waals surface area contributed by atoms with E-state index in [9.17, 15) is 9.59 Å². The smallest absolute Gasteiger partial charge is 0.414 e. The molecule has 9 nitrogen and oxygen atoms in total. The fourth-order valence-corrected chi connectivity index (χ4v) is 6.63. The molecule has 2 amide bonds. The highest BCUT2D eigenvalue weighted by Crippen LogP contribution is 2.38. The minimum atomic E-state index is -1.99. The van der Waals surface area contributed by atoms with Gasteiger partial charge in [-0.05, 0) is 48.7 Å². The Morgan fingerprint density at radius 3 is 2.84 bits per heavy atom. The minimum absolute atomic E-state index is 0.0108. The SMILES string of the molecule is COC1=NC=CC(C[C@H](CNC[C@@H]2CN(c3ccc4c(c3)NC(=O)CS4)C(=O)O2)O[Si](C)(C)C(C)(C)C)C1. The van der Waals surface area contributed by atoms with E-state index in [2.05, 4.69) is 55.6 Å². The van der Waals surface area contributed by atoms with Gasteiger partial charge in [0, 0.05) is 36.3 Å². The maximum atomic E-state index is 12.7. The van der Waals surface area contributed by atoms with Crippen molar-refractivity contribution < 1.29 is 23.5 Å². The normalized spacial score (nSPS) is 22.5. The lowest BCUT2D eigenvalue weighted by atomic mass is 9.96. The summed E-state index contributed by atoms with van der Waals surface area (Å²) in [7, 11) is -0.335. The Labute approximate surface area is 230 Å². The van der Waals surface area contributed by atoms with Crippen LogP contribution in [-0.4, -0.2) is 70.9 Å². The van der Waals surface area contributed by atoms with Crippen LogP contribution >= 0.6 is 11.8 Å². The predicted molar refractivity (Wildman–Crippen MR) is 155 cm³/mol. The molecular weight excluding hydrogens is 520 g/mol. The molecule has 208 valence electrons. The first-order valence-corrected chi connectivity index (χ1v) is 17.1. The number of aliphatic imine (C=N–C) groups is 1. The minimum Gasteiger partial charge on any atom is -0.484 e. The number of hydrogen-bond acceptors (Lipinski definition) is 8. The first kappa shape index (κ1) is 28.7. The lowest BCUT2D eigenvalue weighted by molar-refractivity contribution is -0.113. The van der Waals surface area contributed by atoms with Crippen molar-refractivity contribution in [1.29, 1.82) is 0 Å². The number of allylic oxidation sites excluding steroid dienone is 1. The number of cyclic esters (lactones) is 1. The number of hydrogen-bond donors (Lipinski definition) is 2. The summed E-state index contributed by atoms with van der Waals surface area (Å²) in [6, 6.07) is 5.68. The zero-order chi connectivity index (χ0) is 27.5. The standard InChI is InChI=1S/C27H40N4O5SSi/c1-27(2,3)38(5,6)36-20(11-18-9-10-29-25(12-18)34-4)14-28-15-21-16-31(26(33)35-21)19-7-8-23-22(13-19)30-24(32)17-37-23/h7-10,13,18,20-21,28H,11-12,14-17H2,1-6H3,(H,30,32)/t18?,20-,21-/m1/s1. The van der Waals surface area contributed by atoms with Gasteiger partial charge < -0.3 is 24.5 Å². The van der Waals surface area contributed by atoms with Gasteiger partial charge in [0.2, 0.25) is 5.91 Å². The largest absolute Gasteiger partial charge is 0.484 e. The van der Waals surface area contributed by atoms with Crippen LogP contribution in [0.25, 0.3) is 0 Å². The van der Waals surface area contributed by atoms with Crippen LogP contribution in [0.3, 0.4) is 0 Å². The van der Waals surface area contributed by atoms with E-state index in [1.165, 1.54) is 11.8 Å². The highest BCUT2D eigenvalue weighted by molar-refractivity contribution is 8.00. The molecule has 0 aromatic heterocycles. The fraction of sp³-hybridized carbons (Fsp3) is 0.593. The van der Waals surface area contributed by atoms with E-state index in [-0.39, 0.29) is 29.2 Å². The summed E-state index contributed by atoms with van der Waals surface area (Å²) in [6.45, 7) is 12.9. The highest BCUT2D eigenvalue weighted by Gasteiger charge is 2.40. The summed E-state index contributed by atoms with van der Waals surface area (Å²) in [4.78, 5) is 31.4. The Hall–Kier alpha value is -2.34. The van der Waals surface area contributed by atoms with Crippen molar-refractivity contribution in [1.82, 2.24) is 5.32 Å². The number of rotatable bonds is 9. The third-order valence-electron chi connectivity index (χ3n) is 7.61. The van der Waals surface area contributed by atoms with E-state index in [0.717, 1.165) is 35.0 Å². The Morgan fingerprint density at radius 2 is 2.11 bits per heavy atom. The average molecular weight is 561 g/mol. The number of carbonyl (C=O) groups is 2. The summed E-state index contributed by atoms with van der Waals surface area (Å²) in [5.74, 6) is 1.41. The van der Waals surface area contributed by atoms with Gasteiger partial charge in [0.05, 0.1) is 31.2 Å². The summed E-state index contributed by atoms with van der Waals surface area (Å²) in [5.41, 5.74) is 1.46. The van der Waals surface area contributed by atoms with Crippen LogP contribution in [0, 0.1) is 5.92 Å². The Morgan fingerprint density at radius 1 is 1.32 bits per heavy atom. The van der Waals surface area contributed by atoms with E-state index >= 15 is 0 Å². The first-order chi connectivity index (χ1) is 17.9. The molecule has 38 heavy (non-hydrogen) atoms. The predicted octanol–water partition coefficient (Wildman–Crippen LogP) is 5.00. The second-order valence-electron chi connectivity index (χ2n) is 11.6. The first-order valence-electron chi connectivity index (χ1n) is 13.2. The molecule has 1 aromatic rings. The van der Waals surface area contributed by atoms with Crippen molar-refractivity contribution in [3.8, 4) is 0 Å². The third-order valence-corrected chi connectivity index (χ3v) is 13.2. The fourth-order valence-electron chi connectivity index (χ4n) is 4.48. The number of benzene rings is 1. The molecule has 0 radical (unpaired) electrons. The topological polar surface area (TPSA) is 101 Å². The van der Waals surface area contributed by atoms with Gasteiger partial charge in [-0.25, -0.2) is 9.79 Å². The van der Waals surface area contributed by atoms with Gasteiger partial charge in [-0.1, -0.05) is 26.8 Å². The van der Waals surface area contributed by atoms with Crippen LogP contribution in [0.2, 0.25) is 18.1 Å². The molecule has 0 bridgehead atoms. The number of fused-ring (bicyclic) bond motifs is 1. The van der Waals surface area contributed by atoms with Crippen LogP contribution in [0.4, 0.5) is 16.2 Å². The van der Waals surface area contributed by atoms with Gasteiger partial charge in [0.25, 0.3) is 0 Å². The number of nitrogens with one attached hydrogen (secondary N) is 2. The molecule has 0 spiro atoms. The Balaban J connectivity index is 1.35. The summed E-state index contributed by atoms with van der Waals surface area (Å²) in [5, 5.41) is 6.49. The van der Waals surface area contributed by atoms with Crippen LogP contribution in [0.1, 0.15) is 33.6 Å². The van der Waals surface area contributed by atoms with E-state index in [1.807, 2.05) is 24.4 Å². The quantitative estimate of drug-likeness (QED) is 0.410. The molecule has 1 saturated heterocycles. The maximum absolute atomic E-state index is 12.7. The molecule has 0 aliphatic carbocycles. The average Bonchev–Trinajstić information content (AvgIpc) is 3.22. The van der Waals surface area contributed by atoms with Gasteiger partial charge >= 0.3 is 6.09 Å². The van der Waals surface area contributed by atoms with Crippen LogP contribution in [-0.2, 0) is 18.7 Å². The number of anilines is 2. The molecule has 3 aliphatic heterocycles. The van der Waals surface area contributed by atoms with Gasteiger partial charge in [-0.2, -0.15) is 0 Å². The van der Waals surface area contributed by atoms with Crippen LogP contribution < -0.4 is 15.5 Å². The molecule has 1 fully saturated rings. The number of methoxy groups -OCH3 is 1. The van der Waals surface area contributed by atoms with Crippen LogP contribution in [0.5, 0.6) is 0 Å². The third kappa shape index (κ3) is 6.99. The van der Waals surface area contributed by atoms with E-state index in [0.29, 0.717) is 31.3 Å². The van der Waals surface area contributed by atoms with Gasteiger partial charge in [0.15, 0.2) is 14.2 Å². The summed E-state index contributed by atoms with van der Waals surface area (Å²) < 4.78 is 17.9. The van der Waals surface area contributed by atoms with Gasteiger partial charge in [-0.15, -0.1) is 11.8 Å². The molecular formula is C27H40N4O5SSi. The molecule has 0 saturated carbocycles. The second kappa shape index (κ2) is 11.8. The number of ether oxygens (including phenoxy) is 2. The molecule has 1 unspecified atom stereocenters. The number of nitrogens with zero attached hydrogens (tertiary/aromatic N) is 2. The van der Waals surface area contributed by atoms with Crippen molar-refractivity contribution in [3.63, 3.8) is 0 Å². The van der Waals surface area contributed by atoms with E-state index < -0.39 is 8.32 Å². The lowest BCUT2D eigenvalue weighted by Gasteiger charge is -2.40. The number of thioether (sulfide) groups is 1. The molecule has 3 aliphatic rings. The van der Waals surface area contributed by atoms with E-state index in [4.69, 9.17) is 13.9 Å². The molecule has 4 rings (SSSR count). The Bertz CT molecular complexity index is 1100. The van der Waals surface area contributed by atoms with Crippen molar-refractivity contribution in [2.75, 3.05) is 42.7 Å². The molecule has 3 atom stereocenters. The number of carbonyl (C=O) groups excluding carboxylic acids is 2. The number of amides is 2. The summed E-state index contributed by atoms with van der Waals surface area (Å²) in [6.07, 6.45) is 4.92. The van der Waals surface area contributed by atoms with E-state index in [1.54, 1.807) is 12.0 Å². The highest BCUT2D eigenvalue weighted by atomic mass is 32.2. The molecule has 2 N–H and O–H groups in total. The summed E-state index contributed by atoms with van der Waals surface area (Å²) >= 11 is 1.50. The van der Waals surface area contributed by atoms with Crippen LogP contribution in [0.15, 0.2) is 40.4 Å². The molecule has 11 heteroatoms. The lowest BCUT2D eigenvalue weighted by Crippen LogP contribution is -2.47. The van der Waals surface area contributed by atoms with Crippen molar-refractivity contribution in [2.45, 2.75) is 68.8 Å². The molecule has 1 aromatic carbocycles. The molecule has 3 heterocycles. The zero-order valence-corrected chi connectivity index (χ0v) is 25.0. The Kier molecular flexibility index (Phi) is 8.91. The maximum Gasteiger partial charge on any atom is 0.414 e. The van der Waals surface area contributed by atoms with Crippen molar-refractivity contribution >= 4 is 49.4 Å².